The van der Waals surface area contributed by atoms with E-state index in [1.807, 2.05) is 18.7 Å². The van der Waals surface area contributed by atoms with E-state index in [1.54, 1.807) is 0 Å². The fourth-order valence-electron chi connectivity index (χ4n) is 4.18. The number of carbonyl (C=O) groups is 2. The van der Waals surface area contributed by atoms with Gasteiger partial charge in [0.1, 0.15) is 5.76 Å². The molecule has 138 valence electrons. The third-order valence-electron chi connectivity index (χ3n) is 5.86. The van der Waals surface area contributed by atoms with Crippen LogP contribution in [0.3, 0.4) is 0 Å². The first-order chi connectivity index (χ1) is 11.9. The molecule has 2 fully saturated rings. The summed E-state index contributed by atoms with van der Waals surface area (Å²) in [6.45, 7) is 7.81. The van der Waals surface area contributed by atoms with Gasteiger partial charge in [-0.1, -0.05) is 12.1 Å². The van der Waals surface area contributed by atoms with Crippen LogP contribution < -0.4 is 5.32 Å². The van der Waals surface area contributed by atoms with Gasteiger partial charge in [0.15, 0.2) is 0 Å². The molecule has 2 aliphatic rings. The molecule has 1 aliphatic carbocycles. The summed E-state index contributed by atoms with van der Waals surface area (Å²) in [7, 11) is 1.44. The highest BCUT2D eigenvalue weighted by Gasteiger charge is 2.59. The smallest absolute Gasteiger partial charge is 0.317 e. The summed E-state index contributed by atoms with van der Waals surface area (Å²) >= 11 is 0. The molecule has 7 heteroatoms. The number of piperidine rings is 1. The molecule has 0 radical (unpaired) electrons. The first kappa shape index (κ1) is 17.8. The van der Waals surface area contributed by atoms with Crippen molar-refractivity contribution in [3.05, 3.63) is 17.0 Å². The number of aryl methyl sites for hydroxylation is 2. The molecule has 1 aromatic heterocycles. The molecule has 1 spiro atoms. The van der Waals surface area contributed by atoms with Crippen molar-refractivity contribution in [2.24, 2.45) is 11.3 Å². The van der Waals surface area contributed by atoms with E-state index in [9.17, 15) is 9.59 Å². The summed E-state index contributed by atoms with van der Waals surface area (Å²) in [5, 5.41) is 6.98. The van der Waals surface area contributed by atoms with Gasteiger partial charge in [-0.25, -0.2) is 4.79 Å². The summed E-state index contributed by atoms with van der Waals surface area (Å²) in [5.41, 5.74) is 2.02. The Balaban J connectivity index is 1.47. The average Bonchev–Trinajstić information content (AvgIpc) is 3.20. The third-order valence-corrected chi connectivity index (χ3v) is 5.86. The van der Waals surface area contributed by atoms with Crippen molar-refractivity contribution in [3.63, 3.8) is 0 Å². The molecule has 2 atom stereocenters. The van der Waals surface area contributed by atoms with Crippen LogP contribution in [-0.4, -0.2) is 48.8 Å². The Kier molecular flexibility index (Phi) is 4.75. The number of ether oxygens (including phenoxy) is 1. The second-order valence-electron chi connectivity index (χ2n) is 7.45. The van der Waals surface area contributed by atoms with Crippen LogP contribution in [0, 0.1) is 25.2 Å². The van der Waals surface area contributed by atoms with Crippen LogP contribution in [0.5, 0.6) is 0 Å². The maximum Gasteiger partial charge on any atom is 0.317 e. The molecule has 2 heterocycles. The fourth-order valence-corrected chi connectivity index (χ4v) is 4.18. The summed E-state index contributed by atoms with van der Waals surface area (Å²) in [4.78, 5) is 26.0. The zero-order valence-corrected chi connectivity index (χ0v) is 15.4. The van der Waals surface area contributed by atoms with Crippen LogP contribution in [0.1, 0.15) is 49.1 Å². The number of nitrogens with one attached hydrogen (secondary N) is 1. The lowest BCUT2D eigenvalue weighted by molar-refractivity contribution is -0.143. The standard InChI is InChI=1S/C18H27N3O4/c1-11(15-12(2)20-25-13(15)3)10-19-17(23)21-7-5-18(6-8-21)9-14(18)16(22)24-4/h11,14H,5-10H2,1-4H3,(H,19,23)/t11-,14-/m1/s1. The van der Waals surface area contributed by atoms with E-state index in [1.165, 1.54) is 7.11 Å². The van der Waals surface area contributed by atoms with Crippen LogP contribution in [0.25, 0.3) is 0 Å². The molecular weight excluding hydrogens is 322 g/mol. The van der Waals surface area contributed by atoms with Crippen molar-refractivity contribution in [1.82, 2.24) is 15.4 Å². The lowest BCUT2D eigenvalue weighted by atomic mass is 9.91. The minimum absolute atomic E-state index is 0.0299. The third kappa shape index (κ3) is 3.37. The highest BCUT2D eigenvalue weighted by atomic mass is 16.5. The number of hydrogen-bond donors (Lipinski definition) is 1. The predicted octanol–water partition coefficient (Wildman–Crippen LogP) is 2.38. The number of nitrogens with zero attached hydrogens (tertiary/aromatic N) is 2. The number of esters is 1. The number of likely N-dealkylation sites (tertiary alicyclic amines) is 1. The van der Waals surface area contributed by atoms with Gasteiger partial charge >= 0.3 is 12.0 Å². The van der Waals surface area contributed by atoms with Gasteiger partial charge in [0.25, 0.3) is 0 Å². The molecule has 0 unspecified atom stereocenters. The van der Waals surface area contributed by atoms with Crippen molar-refractivity contribution in [2.75, 3.05) is 26.7 Å². The lowest BCUT2D eigenvalue weighted by Gasteiger charge is -2.33. The second kappa shape index (κ2) is 6.69. The second-order valence-corrected chi connectivity index (χ2v) is 7.45. The molecule has 1 aliphatic heterocycles. The summed E-state index contributed by atoms with van der Waals surface area (Å²) in [5.74, 6) is 0.883. The number of amides is 2. The lowest BCUT2D eigenvalue weighted by Crippen LogP contribution is -2.46. The van der Waals surface area contributed by atoms with E-state index in [0.717, 1.165) is 36.3 Å². The summed E-state index contributed by atoms with van der Waals surface area (Å²) in [6.07, 6.45) is 2.65. The zero-order chi connectivity index (χ0) is 18.2. The van der Waals surface area contributed by atoms with Gasteiger partial charge in [0.05, 0.1) is 18.7 Å². The van der Waals surface area contributed by atoms with Gasteiger partial charge in [-0.2, -0.15) is 0 Å². The Hall–Kier alpha value is -2.05. The van der Waals surface area contributed by atoms with Gasteiger partial charge in [-0.15, -0.1) is 0 Å². The van der Waals surface area contributed by atoms with E-state index in [-0.39, 0.29) is 29.3 Å². The molecule has 1 saturated carbocycles. The van der Waals surface area contributed by atoms with Gasteiger partial charge in [-0.3, -0.25) is 4.79 Å². The molecular formula is C18H27N3O4. The van der Waals surface area contributed by atoms with E-state index in [4.69, 9.17) is 9.26 Å². The highest BCUT2D eigenvalue weighted by molar-refractivity contribution is 5.77. The van der Waals surface area contributed by atoms with Crippen LogP contribution in [-0.2, 0) is 9.53 Å². The highest BCUT2D eigenvalue weighted by Crippen LogP contribution is 2.59. The maximum absolute atomic E-state index is 12.4. The molecule has 2 amide bonds. The Morgan fingerprint density at radius 3 is 2.64 bits per heavy atom. The quantitative estimate of drug-likeness (QED) is 0.844. The fraction of sp³-hybridized carbons (Fsp3) is 0.722. The van der Waals surface area contributed by atoms with E-state index < -0.39 is 0 Å². The van der Waals surface area contributed by atoms with Crippen molar-refractivity contribution in [1.29, 1.82) is 0 Å². The number of carbonyl (C=O) groups excluding carboxylic acids is 2. The molecule has 1 saturated heterocycles. The summed E-state index contributed by atoms with van der Waals surface area (Å²) < 4.78 is 10.0. The average molecular weight is 349 g/mol. The predicted molar refractivity (Wildman–Crippen MR) is 91.2 cm³/mol. The van der Waals surface area contributed by atoms with Crippen molar-refractivity contribution in [3.8, 4) is 0 Å². The Morgan fingerprint density at radius 2 is 2.08 bits per heavy atom. The number of methoxy groups -OCH3 is 1. The van der Waals surface area contributed by atoms with Crippen LogP contribution in [0.4, 0.5) is 4.79 Å². The molecule has 7 nitrogen and oxygen atoms in total. The molecule has 3 rings (SSSR count). The normalized spacial score (nSPS) is 22.6. The number of aromatic nitrogens is 1. The first-order valence-corrected chi connectivity index (χ1v) is 8.91. The van der Waals surface area contributed by atoms with Gasteiger partial charge in [0.2, 0.25) is 0 Å². The molecule has 1 aromatic rings. The van der Waals surface area contributed by atoms with Gasteiger partial charge < -0.3 is 19.5 Å². The van der Waals surface area contributed by atoms with Crippen LogP contribution >= 0.6 is 0 Å². The minimum atomic E-state index is -0.105. The molecule has 25 heavy (non-hydrogen) atoms. The summed E-state index contributed by atoms with van der Waals surface area (Å²) in [6, 6.07) is -0.0382. The topological polar surface area (TPSA) is 84.7 Å². The number of rotatable bonds is 4. The van der Waals surface area contributed by atoms with Gasteiger partial charge in [0, 0.05) is 31.1 Å². The van der Waals surface area contributed by atoms with Crippen molar-refractivity contribution >= 4 is 12.0 Å². The monoisotopic (exact) mass is 349 g/mol. The Labute approximate surface area is 148 Å². The van der Waals surface area contributed by atoms with Crippen molar-refractivity contribution < 1.29 is 18.8 Å². The molecule has 0 bridgehead atoms. The number of urea groups is 1. The molecule has 0 aromatic carbocycles. The van der Waals surface area contributed by atoms with Crippen molar-refractivity contribution in [2.45, 2.75) is 46.0 Å². The Bertz CT molecular complexity index is 642. The first-order valence-electron chi connectivity index (χ1n) is 8.91. The SMILES string of the molecule is COC(=O)[C@H]1CC12CCN(C(=O)NC[C@@H](C)c1c(C)noc1C)CC2. The van der Waals surface area contributed by atoms with E-state index in [2.05, 4.69) is 17.4 Å². The van der Waals surface area contributed by atoms with E-state index in [0.29, 0.717) is 19.6 Å². The van der Waals surface area contributed by atoms with Crippen LogP contribution in [0.15, 0.2) is 4.52 Å². The maximum atomic E-state index is 12.4. The van der Waals surface area contributed by atoms with Crippen LogP contribution in [0.2, 0.25) is 0 Å². The van der Waals surface area contributed by atoms with Gasteiger partial charge in [-0.05, 0) is 38.5 Å². The number of hydrogen-bond acceptors (Lipinski definition) is 5. The molecule has 1 N–H and O–H groups in total. The van der Waals surface area contributed by atoms with E-state index >= 15 is 0 Å². The minimum Gasteiger partial charge on any atom is -0.469 e. The zero-order valence-electron chi connectivity index (χ0n) is 15.4. The Morgan fingerprint density at radius 1 is 1.40 bits per heavy atom. The largest absolute Gasteiger partial charge is 0.469 e.